The van der Waals surface area contributed by atoms with E-state index in [4.69, 9.17) is 4.74 Å². The van der Waals surface area contributed by atoms with Gasteiger partial charge in [0.15, 0.2) is 0 Å². The van der Waals surface area contributed by atoms with Gasteiger partial charge in [0.05, 0.1) is 4.90 Å². The Labute approximate surface area is 133 Å². The summed E-state index contributed by atoms with van der Waals surface area (Å²) in [6.45, 7) is 10.2. The molecule has 0 radical (unpaired) electrons. The van der Waals surface area contributed by atoms with Gasteiger partial charge >= 0.3 is 0 Å². The summed E-state index contributed by atoms with van der Waals surface area (Å²) in [6.07, 6.45) is 0.627. The summed E-state index contributed by atoms with van der Waals surface area (Å²) in [5.74, 6) is -0.502. The van der Waals surface area contributed by atoms with E-state index in [2.05, 4.69) is 4.72 Å². The number of nitrogens with one attached hydrogen (secondary N) is 1. The van der Waals surface area contributed by atoms with Crippen molar-refractivity contribution >= 4 is 15.9 Å². The summed E-state index contributed by atoms with van der Waals surface area (Å²) in [7, 11) is -3.85. The van der Waals surface area contributed by atoms with Crippen LogP contribution in [0.25, 0.3) is 0 Å². The molecule has 0 heterocycles. The van der Waals surface area contributed by atoms with E-state index in [0.29, 0.717) is 30.8 Å². The number of benzene rings is 1. The molecule has 0 unspecified atom stereocenters. The zero-order valence-corrected chi connectivity index (χ0v) is 14.8. The lowest BCUT2D eigenvalue weighted by molar-refractivity contribution is -0.119. The third-order valence-corrected chi connectivity index (χ3v) is 5.36. The van der Waals surface area contributed by atoms with E-state index < -0.39 is 15.9 Å². The maximum Gasteiger partial charge on any atom is 0.264 e. The zero-order valence-electron chi connectivity index (χ0n) is 13.9. The van der Waals surface area contributed by atoms with Crippen molar-refractivity contribution in [3.8, 4) is 0 Å². The normalized spacial score (nSPS) is 11.5. The average Bonchev–Trinajstić information content (AvgIpc) is 2.41. The predicted molar refractivity (Wildman–Crippen MR) is 86.4 cm³/mol. The fourth-order valence-electron chi connectivity index (χ4n) is 2.31. The number of ether oxygens (including phenoxy) is 1. The van der Waals surface area contributed by atoms with Gasteiger partial charge in [0.25, 0.3) is 10.0 Å². The van der Waals surface area contributed by atoms with Gasteiger partial charge < -0.3 is 4.74 Å². The monoisotopic (exact) mass is 327 g/mol. The SMILES string of the molecule is CCOCCCC(=O)NS(=O)(=O)c1c(C)c(C)cc(C)c1C. The summed E-state index contributed by atoms with van der Waals surface area (Å²) in [4.78, 5) is 12.1. The lowest BCUT2D eigenvalue weighted by atomic mass is 10.0. The van der Waals surface area contributed by atoms with Gasteiger partial charge in [-0.15, -0.1) is 0 Å². The molecular weight excluding hydrogens is 302 g/mol. The molecule has 0 fully saturated rings. The smallest absolute Gasteiger partial charge is 0.264 e. The Balaban J connectivity index is 2.94. The molecule has 0 aromatic heterocycles. The molecule has 1 N–H and O–H groups in total. The van der Waals surface area contributed by atoms with Gasteiger partial charge in [-0.05, 0) is 63.3 Å². The van der Waals surface area contributed by atoms with Crippen LogP contribution in [0.15, 0.2) is 11.0 Å². The second-order valence-corrected chi connectivity index (χ2v) is 7.04. The van der Waals surface area contributed by atoms with Crippen LogP contribution in [0.3, 0.4) is 0 Å². The van der Waals surface area contributed by atoms with Crippen LogP contribution in [0.1, 0.15) is 42.0 Å². The number of sulfonamides is 1. The van der Waals surface area contributed by atoms with Gasteiger partial charge in [0.1, 0.15) is 0 Å². The van der Waals surface area contributed by atoms with E-state index in [9.17, 15) is 13.2 Å². The Hall–Kier alpha value is -1.40. The molecule has 1 rings (SSSR count). The van der Waals surface area contributed by atoms with Gasteiger partial charge in [-0.1, -0.05) is 6.07 Å². The van der Waals surface area contributed by atoms with Crippen LogP contribution in [0, 0.1) is 27.7 Å². The van der Waals surface area contributed by atoms with Crippen molar-refractivity contribution in [2.24, 2.45) is 0 Å². The average molecular weight is 327 g/mol. The molecule has 0 saturated carbocycles. The first-order valence-electron chi connectivity index (χ1n) is 7.41. The Bertz CT molecular complexity index is 624. The second-order valence-electron chi connectivity index (χ2n) is 5.42. The first kappa shape index (κ1) is 18.6. The van der Waals surface area contributed by atoms with E-state index >= 15 is 0 Å². The Morgan fingerprint density at radius 3 is 2.18 bits per heavy atom. The third kappa shape index (κ3) is 4.55. The van der Waals surface area contributed by atoms with Crippen LogP contribution in [-0.2, 0) is 19.6 Å². The molecule has 5 nitrogen and oxygen atoms in total. The molecule has 6 heteroatoms. The van der Waals surface area contributed by atoms with Crippen LogP contribution in [0.5, 0.6) is 0 Å². The Morgan fingerprint density at radius 2 is 1.68 bits per heavy atom. The number of hydrogen-bond donors (Lipinski definition) is 1. The first-order chi connectivity index (χ1) is 10.2. The van der Waals surface area contributed by atoms with Crippen molar-refractivity contribution in [1.29, 1.82) is 0 Å². The molecule has 124 valence electrons. The van der Waals surface area contributed by atoms with Crippen LogP contribution < -0.4 is 4.72 Å². The number of amides is 1. The van der Waals surface area contributed by atoms with Crippen molar-refractivity contribution < 1.29 is 17.9 Å². The van der Waals surface area contributed by atoms with Crippen molar-refractivity contribution in [3.63, 3.8) is 0 Å². The van der Waals surface area contributed by atoms with Crippen molar-refractivity contribution in [3.05, 3.63) is 28.3 Å². The standard InChI is InChI=1S/C16H25NO4S/c1-6-21-9-7-8-15(18)17-22(19,20)16-13(4)11(2)10-12(3)14(16)5/h10H,6-9H2,1-5H3,(H,17,18). The lowest BCUT2D eigenvalue weighted by Gasteiger charge is -2.16. The molecule has 1 amide bonds. The highest BCUT2D eigenvalue weighted by Crippen LogP contribution is 2.25. The minimum Gasteiger partial charge on any atom is -0.382 e. The third-order valence-electron chi connectivity index (χ3n) is 3.71. The molecule has 22 heavy (non-hydrogen) atoms. The zero-order chi connectivity index (χ0) is 16.9. The molecule has 0 bridgehead atoms. The maximum absolute atomic E-state index is 12.5. The Kier molecular flexibility index (Phi) is 6.56. The number of rotatable bonds is 7. The predicted octanol–water partition coefficient (Wildman–Crippen LogP) is 2.54. The Morgan fingerprint density at radius 1 is 1.14 bits per heavy atom. The number of carbonyl (C=O) groups excluding carboxylic acids is 1. The molecule has 1 aromatic rings. The summed E-state index contributed by atoms with van der Waals surface area (Å²) in [6, 6.07) is 1.95. The topological polar surface area (TPSA) is 72.5 Å². The van der Waals surface area contributed by atoms with Crippen LogP contribution in [-0.4, -0.2) is 27.5 Å². The van der Waals surface area contributed by atoms with E-state index in [1.807, 2.05) is 26.8 Å². The fraction of sp³-hybridized carbons (Fsp3) is 0.562. The van der Waals surface area contributed by atoms with Crippen molar-refractivity contribution in [2.45, 2.75) is 52.4 Å². The minimum atomic E-state index is -3.85. The summed E-state index contributed by atoms with van der Waals surface area (Å²) >= 11 is 0. The van der Waals surface area contributed by atoms with E-state index in [0.717, 1.165) is 11.1 Å². The molecule has 0 spiro atoms. The fourth-order valence-corrected chi connectivity index (χ4v) is 3.95. The molecule has 0 atom stereocenters. The molecule has 1 aromatic carbocycles. The van der Waals surface area contributed by atoms with Gasteiger partial charge in [0, 0.05) is 19.6 Å². The largest absolute Gasteiger partial charge is 0.382 e. The van der Waals surface area contributed by atoms with E-state index in [1.54, 1.807) is 13.8 Å². The van der Waals surface area contributed by atoms with E-state index in [-0.39, 0.29) is 11.3 Å². The molecule has 0 saturated heterocycles. The molecule has 0 aliphatic heterocycles. The quantitative estimate of drug-likeness (QED) is 0.781. The van der Waals surface area contributed by atoms with Crippen LogP contribution >= 0.6 is 0 Å². The van der Waals surface area contributed by atoms with Gasteiger partial charge in [-0.25, -0.2) is 13.1 Å². The maximum atomic E-state index is 12.5. The summed E-state index contributed by atoms with van der Waals surface area (Å²) < 4.78 is 32.3. The van der Waals surface area contributed by atoms with E-state index in [1.165, 1.54) is 0 Å². The van der Waals surface area contributed by atoms with Crippen LogP contribution in [0.4, 0.5) is 0 Å². The van der Waals surface area contributed by atoms with Gasteiger partial charge in [0.2, 0.25) is 5.91 Å². The van der Waals surface area contributed by atoms with Gasteiger partial charge in [-0.3, -0.25) is 4.79 Å². The summed E-state index contributed by atoms with van der Waals surface area (Å²) in [5, 5.41) is 0. The number of carbonyl (C=O) groups is 1. The highest BCUT2D eigenvalue weighted by Gasteiger charge is 2.23. The minimum absolute atomic E-state index is 0.127. The highest BCUT2D eigenvalue weighted by molar-refractivity contribution is 7.90. The molecule has 0 aliphatic carbocycles. The molecular formula is C16H25NO4S. The van der Waals surface area contributed by atoms with Gasteiger partial charge in [-0.2, -0.15) is 0 Å². The van der Waals surface area contributed by atoms with Crippen LogP contribution in [0.2, 0.25) is 0 Å². The second kappa shape index (κ2) is 7.74. The number of hydrogen-bond acceptors (Lipinski definition) is 4. The highest BCUT2D eigenvalue weighted by atomic mass is 32.2. The summed E-state index contributed by atoms with van der Waals surface area (Å²) in [5.41, 5.74) is 3.15. The molecule has 0 aliphatic rings. The number of aryl methyl sites for hydroxylation is 2. The van der Waals surface area contributed by atoms with Crippen molar-refractivity contribution in [2.75, 3.05) is 13.2 Å². The van der Waals surface area contributed by atoms with Crippen molar-refractivity contribution in [1.82, 2.24) is 4.72 Å². The first-order valence-corrected chi connectivity index (χ1v) is 8.89. The lowest BCUT2D eigenvalue weighted by Crippen LogP contribution is -2.31.